The van der Waals surface area contributed by atoms with E-state index in [9.17, 15) is 5.26 Å². The molecule has 1 atom stereocenters. The summed E-state index contributed by atoms with van der Waals surface area (Å²) in [7, 11) is 4.23. The molecule has 0 aliphatic carbocycles. The van der Waals surface area contributed by atoms with Gasteiger partial charge in [0.05, 0.1) is 6.17 Å². The molecular formula is C24H31N7. The quantitative estimate of drug-likeness (QED) is 0.650. The van der Waals surface area contributed by atoms with Crippen molar-refractivity contribution in [3.05, 3.63) is 41.2 Å². The molecule has 3 aromatic rings. The molecule has 4 rings (SSSR count). The lowest BCUT2D eigenvalue weighted by atomic mass is 9.96. The molecule has 2 aromatic heterocycles. The van der Waals surface area contributed by atoms with E-state index in [-0.39, 0.29) is 11.6 Å². The van der Waals surface area contributed by atoms with E-state index in [0.29, 0.717) is 16.9 Å². The highest BCUT2D eigenvalue weighted by molar-refractivity contribution is 5.85. The number of anilines is 2. The van der Waals surface area contributed by atoms with Crippen molar-refractivity contribution >= 4 is 17.2 Å². The first-order valence-corrected chi connectivity index (χ1v) is 10.8. The number of hydrogen-bond acceptors (Lipinski definition) is 6. The maximum absolute atomic E-state index is 10.1. The fraction of sp³-hybridized carbons (Fsp3) is 0.458. The van der Waals surface area contributed by atoms with Crippen LogP contribution < -0.4 is 10.6 Å². The Hall–Kier alpha value is -3.11. The predicted molar refractivity (Wildman–Crippen MR) is 125 cm³/mol. The lowest BCUT2D eigenvalue weighted by molar-refractivity contribution is 0.299. The van der Waals surface area contributed by atoms with Gasteiger partial charge in [-0.25, -0.2) is 4.98 Å². The van der Waals surface area contributed by atoms with Gasteiger partial charge in [-0.3, -0.25) is 4.90 Å². The molecule has 1 fully saturated rings. The van der Waals surface area contributed by atoms with Crippen molar-refractivity contribution in [3.63, 3.8) is 0 Å². The van der Waals surface area contributed by atoms with Crippen molar-refractivity contribution in [2.45, 2.75) is 52.1 Å². The van der Waals surface area contributed by atoms with Crippen LogP contribution in [0.25, 0.3) is 16.8 Å². The zero-order valence-corrected chi connectivity index (χ0v) is 19.3. The van der Waals surface area contributed by atoms with E-state index in [1.54, 1.807) is 0 Å². The van der Waals surface area contributed by atoms with Crippen molar-refractivity contribution in [2.75, 3.05) is 31.3 Å². The first kappa shape index (κ1) is 21.1. The summed E-state index contributed by atoms with van der Waals surface area (Å²) in [5, 5.41) is 15.0. The number of nitriles is 1. The molecule has 1 aliphatic heterocycles. The molecule has 162 valence electrons. The molecule has 0 amide bonds. The molecule has 2 N–H and O–H groups in total. The van der Waals surface area contributed by atoms with Crippen molar-refractivity contribution in [1.29, 1.82) is 5.26 Å². The number of benzene rings is 1. The van der Waals surface area contributed by atoms with Crippen LogP contribution in [0.1, 0.15) is 50.6 Å². The number of hydrogen-bond donors (Lipinski definition) is 1. The summed E-state index contributed by atoms with van der Waals surface area (Å²) in [4.78, 5) is 9.50. The Balaban J connectivity index is 2.12. The average molecular weight is 418 g/mol. The second-order valence-electron chi connectivity index (χ2n) is 9.63. The van der Waals surface area contributed by atoms with Gasteiger partial charge < -0.3 is 10.6 Å². The summed E-state index contributed by atoms with van der Waals surface area (Å²) in [5.74, 6) is 1.73. The molecule has 1 aromatic carbocycles. The number of aromatic nitrogens is 3. The number of fused-ring (bicyclic) bond motifs is 1. The van der Waals surface area contributed by atoms with Crippen molar-refractivity contribution in [2.24, 2.45) is 0 Å². The van der Waals surface area contributed by atoms with E-state index in [4.69, 9.17) is 15.8 Å². The van der Waals surface area contributed by atoms with E-state index >= 15 is 0 Å². The Kier molecular flexibility index (Phi) is 5.14. The molecule has 1 unspecified atom stereocenters. The highest BCUT2D eigenvalue weighted by Gasteiger charge is 2.34. The Bertz CT molecular complexity index is 1160. The van der Waals surface area contributed by atoms with Gasteiger partial charge in [0, 0.05) is 23.2 Å². The number of nitrogens with zero attached hydrogens (tertiary/aromatic N) is 6. The van der Waals surface area contributed by atoms with E-state index in [1.165, 1.54) is 0 Å². The molecule has 1 saturated heterocycles. The van der Waals surface area contributed by atoms with Crippen molar-refractivity contribution in [3.8, 4) is 17.2 Å². The second-order valence-corrected chi connectivity index (χ2v) is 9.63. The molecule has 7 nitrogen and oxygen atoms in total. The van der Waals surface area contributed by atoms with Crippen LogP contribution in [0.2, 0.25) is 0 Å². The van der Waals surface area contributed by atoms with Gasteiger partial charge in [-0.05, 0) is 57.1 Å². The summed E-state index contributed by atoms with van der Waals surface area (Å²) in [6, 6.07) is 10.3. The predicted octanol–water partition coefficient (Wildman–Crippen LogP) is 3.94. The zero-order chi connectivity index (χ0) is 22.5. The molecule has 0 radical (unpaired) electrons. The monoisotopic (exact) mass is 417 g/mol. The summed E-state index contributed by atoms with van der Waals surface area (Å²) in [6.07, 6.45) is 2.44. The van der Waals surface area contributed by atoms with Crippen LogP contribution in [-0.4, -0.2) is 46.3 Å². The first-order chi connectivity index (χ1) is 14.6. The van der Waals surface area contributed by atoms with Crippen LogP contribution in [0.3, 0.4) is 0 Å². The number of rotatable bonds is 3. The highest BCUT2D eigenvalue weighted by atomic mass is 15.4. The SMILES string of the molecule is Cc1c(-c2ccc(N)cc2)c(N2CCCC2N(C)C)n2nc(C(C)(C)C)nc2c1C#N. The van der Waals surface area contributed by atoms with Gasteiger partial charge in [0.1, 0.15) is 17.5 Å². The lowest BCUT2D eigenvalue weighted by Gasteiger charge is -2.33. The van der Waals surface area contributed by atoms with E-state index in [1.807, 2.05) is 35.7 Å². The van der Waals surface area contributed by atoms with Gasteiger partial charge in [0.2, 0.25) is 0 Å². The summed E-state index contributed by atoms with van der Waals surface area (Å²) >= 11 is 0. The summed E-state index contributed by atoms with van der Waals surface area (Å²) in [6.45, 7) is 9.23. The standard InChI is InChI=1S/C24H31N7/c1-15-18(14-25)21-27-23(24(2,3)4)28-31(21)22(30-13-7-8-19(30)29(5)6)20(15)16-9-11-17(26)12-10-16/h9-12,19H,7-8,13,26H2,1-6H3. The molecule has 0 spiro atoms. The number of pyridine rings is 1. The van der Waals surface area contributed by atoms with Gasteiger partial charge in [-0.2, -0.15) is 9.78 Å². The Morgan fingerprint density at radius 3 is 2.45 bits per heavy atom. The minimum absolute atomic E-state index is 0.225. The normalized spacial score (nSPS) is 17.0. The fourth-order valence-corrected chi connectivity index (χ4v) is 4.43. The molecule has 0 saturated carbocycles. The van der Waals surface area contributed by atoms with E-state index < -0.39 is 0 Å². The van der Waals surface area contributed by atoms with Crippen LogP contribution in [0.5, 0.6) is 0 Å². The molecule has 1 aliphatic rings. The van der Waals surface area contributed by atoms with Crippen molar-refractivity contribution in [1.82, 2.24) is 19.5 Å². The third-order valence-corrected chi connectivity index (χ3v) is 6.08. The van der Waals surface area contributed by atoms with Gasteiger partial charge in [0.15, 0.2) is 11.5 Å². The van der Waals surface area contributed by atoms with Crippen molar-refractivity contribution < 1.29 is 0 Å². The largest absolute Gasteiger partial charge is 0.399 e. The lowest BCUT2D eigenvalue weighted by Crippen LogP contribution is -2.41. The van der Waals surface area contributed by atoms with E-state index in [0.717, 1.165) is 47.7 Å². The van der Waals surface area contributed by atoms with Gasteiger partial charge in [-0.1, -0.05) is 32.9 Å². The second kappa shape index (κ2) is 7.54. The number of nitrogens with two attached hydrogens (primary N) is 1. The summed E-state index contributed by atoms with van der Waals surface area (Å²) < 4.78 is 1.90. The minimum Gasteiger partial charge on any atom is -0.399 e. The van der Waals surface area contributed by atoms with Crippen LogP contribution in [-0.2, 0) is 5.41 Å². The third-order valence-electron chi connectivity index (χ3n) is 6.08. The zero-order valence-electron chi connectivity index (χ0n) is 19.3. The fourth-order valence-electron chi connectivity index (χ4n) is 4.43. The average Bonchev–Trinajstić information content (AvgIpc) is 3.35. The van der Waals surface area contributed by atoms with Gasteiger partial charge >= 0.3 is 0 Å². The van der Waals surface area contributed by atoms with Crippen LogP contribution in [0.15, 0.2) is 24.3 Å². The van der Waals surface area contributed by atoms with E-state index in [2.05, 4.69) is 50.7 Å². The molecule has 0 bridgehead atoms. The Morgan fingerprint density at radius 2 is 1.87 bits per heavy atom. The molecular weight excluding hydrogens is 386 g/mol. The molecule has 3 heterocycles. The Morgan fingerprint density at radius 1 is 1.19 bits per heavy atom. The topological polar surface area (TPSA) is 86.5 Å². The van der Waals surface area contributed by atoms with Crippen LogP contribution >= 0.6 is 0 Å². The summed E-state index contributed by atoms with van der Waals surface area (Å²) in [5.41, 5.74) is 10.6. The first-order valence-electron chi connectivity index (χ1n) is 10.8. The van der Waals surface area contributed by atoms with Gasteiger partial charge in [-0.15, -0.1) is 5.10 Å². The van der Waals surface area contributed by atoms with Gasteiger partial charge in [0.25, 0.3) is 0 Å². The number of nitrogen functional groups attached to an aromatic ring is 1. The minimum atomic E-state index is -0.225. The van der Waals surface area contributed by atoms with Crippen LogP contribution in [0.4, 0.5) is 11.5 Å². The molecule has 7 heteroatoms. The Labute approximate surface area is 184 Å². The third kappa shape index (κ3) is 3.51. The smallest absolute Gasteiger partial charge is 0.176 e. The maximum atomic E-state index is 10.1. The maximum Gasteiger partial charge on any atom is 0.176 e. The highest BCUT2D eigenvalue weighted by Crippen LogP contribution is 2.40. The molecule has 31 heavy (non-hydrogen) atoms. The van der Waals surface area contributed by atoms with Crippen LogP contribution in [0, 0.1) is 18.3 Å².